The van der Waals surface area contributed by atoms with Gasteiger partial charge in [-0.25, -0.2) is 4.79 Å². The summed E-state index contributed by atoms with van der Waals surface area (Å²) in [6.45, 7) is 0. The zero-order valence-electron chi connectivity index (χ0n) is 13.1. The zero-order chi connectivity index (χ0) is 19.9. The van der Waals surface area contributed by atoms with E-state index in [9.17, 15) is 23.2 Å². The van der Waals surface area contributed by atoms with Crippen LogP contribution in [0, 0.1) is 5.21 Å². The van der Waals surface area contributed by atoms with Gasteiger partial charge in [0, 0.05) is 17.8 Å². The van der Waals surface area contributed by atoms with Crippen LogP contribution < -0.4 is 14.8 Å². The van der Waals surface area contributed by atoms with Crippen LogP contribution in [0.3, 0.4) is 0 Å². The number of hydrogen-bond donors (Lipinski definition) is 2. The Balaban J connectivity index is 2.05. The van der Waals surface area contributed by atoms with Crippen LogP contribution >= 0.6 is 23.2 Å². The zero-order valence-corrected chi connectivity index (χ0v) is 14.6. The lowest BCUT2D eigenvalue weighted by molar-refractivity contribution is -0.611. The first-order chi connectivity index (χ1) is 12.6. The van der Waals surface area contributed by atoms with E-state index in [2.05, 4.69) is 5.32 Å². The summed E-state index contributed by atoms with van der Waals surface area (Å²) >= 11 is 11.9. The summed E-state index contributed by atoms with van der Waals surface area (Å²) in [6.07, 6.45) is -2.85. The van der Waals surface area contributed by atoms with Crippen molar-refractivity contribution >= 4 is 40.9 Å². The third-order valence-corrected chi connectivity index (χ3v) is 4.26. The molecule has 0 aliphatic carbocycles. The molecule has 1 aromatic carbocycles. The SMILES string of the molecule is O=C(O)C1=Cc2cc(Cl)c(Oc3c(Cl)ccc[n+]3[O-])cc2NC1C(F)(F)F. The van der Waals surface area contributed by atoms with Gasteiger partial charge in [0.05, 0.1) is 10.6 Å². The quantitative estimate of drug-likeness (QED) is 0.572. The van der Waals surface area contributed by atoms with Crippen LogP contribution in [-0.4, -0.2) is 23.3 Å². The third-order valence-electron chi connectivity index (χ3n) is 3.68. The fourth-order valence-electron chi connectivity index (χ4n) is 2.47. The first kappa shape index (κ1) is 19.1. The fourth-order valence-corrected chi connectivity index (χ4v) is 2.87. The summed E-state index contributed by atoms with van der Waals surface area (Å²) in [4.78, 5) is 11.2. The Labute approximate surface area is 160 Å². The standard InChI is InChI=1S/C16H9Cl2F3N2O4/c17-9-2-1-3-23(26)14(9)27-12-6-11-7(5-10(12)18)4-8(15(24)25)13(22-11)16(19,20)21/h1-6,13,22H,(H,24,25). The van der Waals surface area contributed by atoms with E-state index in [1.165, 1.54) is 18.2 Å². The molecule has 2 aromatic rings. The lowest BCUT2D eigenvalue weighted by atomic mass is 9.97. The van der Waals surface area contributed by atoms with Crippen LogP contribution in [0.2, 0.25) is 10.0 Å². The third kappa shape index (κ3) is 3.74. The Morgan fingerprint density at radius 1 is 1.30 bits per heavy atom. The van der Waals surface area contributed by atoms with Crippen LogP contribution in [-0.2, 0) is 4.79 Å². The van der Waals surface area contributed by atoms with Gasteiger partial charge in [0.15, 0.2) is 23.0 Å². The molecule has 0 saturated carbocycles. The number of ether oxygens (including phenoxy) is 1. The van der Waals surface area contributed by atoms with E-state index in [4.69, 9.17) is 33.0 Å². The van der Waals surface area contributed by atoms with Gasteiger partial charge in [-0.3, -0.25) is 0 Å². The predicted molar refractivity (Wildman–Crippen MR) is 91.0 cm³/mol. The number of carboxylic acid groups (broad SMARTS) is 1. The Kier molecular flexibility index (Phi) is 4.83. The number of carbonyl (C=O) groups is 1. The molecule has 1 aliphatic rings. The van der Waals surface area contributed by atoms with Gasteiger partial charge in [-0.15, -0.1) is 4.73 Å². The van der Waals surface area contributed by atoms with Gasteiger partial charge in [0.1, 0.15) is 0 Å². The number of nitrogens with zero attached hydrogens (tertiary/aromatic N) is 1. The molecule has 0 radical (unpaired) electrons. The van der Waals surface area contributed by atoms with E-state index in [1.54, 1.807) is 0 Å². The average molecular weight is 421 g/mol. The number of rotatable bonds is 3. The molecule has 0 amide bonds. The average Bonchev–Trinajstić information content (AvgIpc) is 2.56. The monoisotopic (exact) mass is 420 g/mol. The minimum atomic E-state index is -4.84. The highest BCUT2D eigenvalue weighted by atomic mass is 35.5. The molecule has 2 N–H and O–H groups in total. The number of fused-ring (bicyclic) bond motifs is 1. The number of aromatic nitrogens is 1. The van der Waals surface area contributed by atoms with Gasteiger partial charge in [-0.05, 0) is 23.8 Å². The van der Waals surface area contributed by atoms with Crippen LogP contribution in [0.4, 0.5) is 18.9 Å². The molecule has 1 aromatic heterocycles. The molecule has 0 saturated heterocycles. The summed E-state index contributed by atoms with van der Waals surface area (Å²) in [5, 5.41) is 22.9. The van der Waals surface area contributed by atoms with Crippen LogP contribution in [0.15, 0.2) is 36.0 Å². The molecular weight excluding hydrogens is 412 g/mol. The number of carboxylic acids is 1. The molecule has 6 nitrogen and oxygen atoms in total. The van der Waals surface area contributed by atoms with Crippen molar-refractivity contribution in [1.29, 1.82) is 0 Å². The van der Waals surface area contributed by atoms with Crippen LogP contribution in [0.25, 0.3) is 6.08 Å². The van der Waals surface area contributed by atoms with Crippen molar-refractivity contribution in [2.45, 2.75) is 12.2 Å². The molecule has 1 atom stereocenters. The minimum Gasteiger partial charge on any atom is -0.616 e. The summed E-state index contributed by atoms with van der Waals surface area (Å²) < 4.78 is 45.3. The van der Waals surface area contributed by atoms with Gasteiger partial charge in [0.25, 0.3) is 0 Å². The predicted octanol–water partition coefficient (Wildman–Crippen LogP) is 4.24. The van der Waals surface area contributed by atoms with Crippen molar-refractivity contribution in [2.24, 2.45) is 0 Å². The number of hydrogen-bond acceptors (Lipinski definition) is 4. The molecule has 0 fully saturated rings. The minimum absolute atomic E-state index is 0.0320. The van der Waals surface area contributed by atoms with Crippen LogP contribution in [0.5, 0.6) is 11.6 Å². The molecule has 2 heterocycles. The second-order valence-electron chi connectivity index (χ2n) is 5.48. The van der Waals surface area contributed by atoms with Gasteiger partial charge < -0.3 is 20.4 Å². The number of aliphatic carboxylic acids is 1. The maximum Gasteiger partial charge on any atom is 0.413 e. The maximum atomic E-state index is 13.2. The second-order valence-corrected chi connectivity index (χ2v) is 6.30. The van der Waals surface area contributed by atoms with E-state index in [1.807, 2.05) is 0 Å². The molecule has 11 heteroatoms. The molecular formula is C16H9Cl2F3N2O4. The van der Waals surface area contributed by atoms with E-state index in [0.29, 0.717) is 4.73 Å². The molecule has 0 bridgehead atoms. The Morgan fingerprint density at radius 3 is 2.59 bits per heavy atom. The Bertz CT molecular complexity index is 943. The molecule has 27 heavy (non-hydrogen) atoms. The number of pyridine rings is 1. The molecule has 0 spiro atoms. The fraction of sp³-hybridized carbons (Fsp3) is 0.125. The largest absolute Gasteiger partial charge is 0.616 e. The number of benzene rings is 1. The molecule has 142 valence electrons. The molecule has 1 aliphatic heterocycles. The Morgan fingerprint density at radius 2 is 2.00 bits per heavy atom. The summed E-state index contributed by atoms with van der Waals surface area (Å²) in [5.41, 5.74) is -0.811. The van der Waals surface area contributed by atoms with E-state index >= 15 is 0 Å². The smallest absolute Gasteiger partial charge is 0.413 e. The van der Waals surface area contributed by atoms with Gasteiger partial charge in [0.2, 0.25) is 0 Å². The van der Waals surface area contributed by atoms with Crippen molar-refractivity contribution in [1.82, 2.24) is 0 Å². The van der Waals surface area contributed by atoms with Gasteiger partial charge >= 0.3 is 18.0 Å². The normalized spacial score (nSPS) is 16.2. The van der Waals surface area contributed by atoms with Crippen molar-refractivity contribution in [2.75, 3.05) is 5.32 Å². The first-order valence-electron chi connectivity index (χ1n) is 7.25. The number of halogens is 5. The van der Waals surface area contributed by atoms with E-state index in [0.717, 1.165) is 18.3 Å². The lowest BCUT2D eigenvalue weighted by Gasteiger charge is -2.28. The highest BCUT2D eigenvalue weighted by molar-refractivity contribution is 6.33. The molecule has 3 rings (SSSR count). The topological polar surface area (TPSA) is 85.5 Å². The first-order valence-corrected chi connectivity index (χ1v) is 8.00. The Hall–Kier alpha value is -2.65. The highest BCUT2D eigenvalue weighted by Crippen LogP contribution is 2.41. The van der Waals surface area contributed by atoms with Crippen molar-refractivity contribution in [3.63, 3.8) is 0 Å². The maximum absolute atomic E-state index is 13.2. The van der Waals surface area contributed by atoms with Crippen molar-refractivity contribution in [3.8, 4) is 11.6 Å². The lowest BCUT2D eigenvalue weighted by Crippen LogP contribution is -2.41. The second kappa shape index (κ2) is 6.82. The summed E-state index contributed by atoms with van der Waals surface area (Å²) in [7, 11) is 0. The molecule has 1 unspecified atom stereocenters. The van der Waals surface area contributed by atoms with E-state index in [-0.39, 0.29) is 32.9 Å². The van der Waals surface area contributed by atoms with Crippen molar-refractivity contribution < 1.29 is 32.5 Å². The van der Waals surface area contributed by atoms with E-state index < -0.39 is 23.8 Å². The summed E-state index contributed by atoms with van der Waals surface area (Å²) in [6, 6.07) is 2.71. The van der Waals surface area contributed by atoms with Gasteiger partial charge in [-0.1, -0.05) is 23.2 Å². The van der Waals surface area contributed by atoms with Gasteiger partial charge in [-0.2, -0.15) is 13.2 Å². The number of nitrogens with one attached hydrogen (secondary N) is 1. The highest BCUT2D eigenvalue weighted by Gasteiger charge is 2.46. The number of alkyl halides is 3. The number of anilines is 1. The van der Waals surface area contributed by atoms with Crippen LogP contribution in [0.1, 0.15) is 5.56 Å². The van der Waals surface area contributed by atoms with Crippen molar-refractivity contribution in [3.05, 3.63) is 56.9 Å². The summed E-state index contributed by atoms with van der Waals surface area (Å²) in [5.74, 6) is -2.16.